The Morgan fingerprint density at radius 3 is 2.65 bits per heavy atom. The van der Waals surface area contributed by atoms with Crippen LogP contribution < -0.4 is 5.56 Å². The summed E-state index contributed by atoms with van der Waals surface area (Å²) in [5.74, 6) is -0.0613. The molecule has 1 aliphatic carbocycles. The fraction of sp³-hybridized carbons (Fsp3) is 0.400. The van der Waals surface area contributed by atoms with E-state index in [9.17, 15) is 9.59 Å². The number of nitrogens with zero attached hydrogens (tertiary/aromatic N) is 4. The van der Waals surface area contributed by atoms with E-state index in [-0.39, 0.29) is 12.1 Å². The van der Waals surface area contributed by atoms with Gasteiger partial charge in [0, 0.05) is 28.3 Å². The molecule has 2 aromatic heterocycles. The van der Waals surface area contributed by atoms with Crippen LogP contribution in [0.25, 0.3) is 5.57 Å². The number of hydrogen-bond acceptors (Lipinski definition) is 5. The van der Waals surface area contributed by atoms with Crippen molar-refractivity contribution >= 4 is 23.1 Å². The highest BCUT2D eigenvalue weighted by atomic mass is 35.5. The molecular weight excluding hydrogens is 454 g/mol. The molecular formula is C25H28ClN5O3. The molecule has 0 unspecified atom stereocenters. The van der Waals surface area contributed by atoms with Gasteiger partial charge in [-0.1, -0.05) is 55.6 Å². The number of tetrazole rings is 1. The summed E-state index contributed by atoms with van der Waals surface area (Å²) in [6.07, 6.45) is 8.83. The molecule has 0 radical (unpaired) electrons. The van der Waals surface area contributed by atoms with E-state index in [4.69, 9.17) is 16.7 Å². The molecule has 0 spiro atoms. The number of hydrogen-bond donors (Lipinski definition) is 2. The van der Waals surface area contributed by atoms with Gasteiger partial charge >= 0.3 is 5.97 Å². The van der Waals surface area contributed by atoms with Crippen LogP contribution in [-0.2, 0) is 30.6 Å². The average molecular weight is 482 g/mol. The van der Waals surface area contributed by atoms with Crippen molar-refractivity contribution in [3.8, 4) is 0 Å². The van der Waals surface area contributed by atoms with E-state index in [1.54, 1.807) is 0 Å². The molecule has 0 atom stereocenters. The highest BCUT2D eigenvalue weighted by Crippen LogP contribution is 2.33. The van der Waals surface area contributed by atoms with Gasteiger partial charge in [0.2, 0.25) is 0 Å². The maximum Gasteiger partial charge on any atom is 0.327 e. The molecule has 1 aliphatic rings. The number of carbonyl (C=O) groups is 1. The Balaban J connectivity index is 1.57. The molecule has 0 saturated heterocycles. The topological polar surface area (TPSA) is 114 Å². The predicted octanol–water partition coefficient (Wildman–Crippen LogP) is 4.07. The number of carboxylic acids is 1. The molecule has 34 heavy (non-hydrogen) atoms. The van der Waals surface area contributed by atoms with Crippen LogP contribution in [0.5, 0.6) is 0 Å². The lowest BCUT2D eigenvalue weighted by atomic mass is 9.94. The zero-order valence-electron chi connectivity index (χ0n) is 19.1. The van der Waals surface area contributed by atoms with Crippen LogP contribution in [0.15, 0.2) is 41.2 Å². The van der Waals surface area contributed by atoms with Gasteiger partial charge in [-0.05, 0) is 60.1 Å². The molecule has 2 heterocycles. The minimum Gasteiger partial charge on any atom is -0.480 e. The Morgan fingerprint density at radius 2 is 1.97 bits per heavy atom. The van der Waals surface area contributed by atoms with E-state index < -0.39 is 5.97 Å². The number of aromatic nitrogens is 5. The van der Waals surface area contributed by atoms with Gasteiger partial charge in [0.15, 0.2) is 12.4 Å². The summed E-state index contributed by atoms with van der Waals surface area (Å²) < 4.78 is 0. The summed E-state index contributed by atoms with van der Waals surface area (Å²) in [4.78, 5) is 27.4. The van der Waals surface area contributed by atoms with Crippen molar-refractivity contribution < 1.29 is 9.90 Å². The zero-order valence-corrected chi connectivity index (χ0v) is 19.9. The third-order valence-corrected chi connectivity index (χ3v) is 6.57. The van der Waals surface area contributed by atoms with Crippen LogP contribution in [0.2, 0.25) is 5.02 Å². The number of benzene rings is 1. The number of nitrogens with one attached hydrogen (secondary N) is 1. The van der Waals surface area contributed by atoms with Crippen molar-refractivity contribution in [2.45, 2.75) is 58.4 Å². The number of aromatic amines is 1. The lowest BCUT2D eigenvalue weighted by molar-refractivity contribution is -0.138. The smallest absolute Gasteiger partial charge is 0.327 e. The first-order chi connectivity index (χ1) is 16.4. The van der Waals surface area contributed by atoms with E-state index in [1.165, 1.54) is 12.8 Å². The van der Waals surface area contributed by atoms with E-state index >= 15 is 0 Å². The van der Waals surface area contributed by atoms with E-state index in [0.29, 0.717) is 36.0 Å². The quantitative estimate of drug-likeness (QED) is 0.476. The summed E-state index contributed by atoms with van der Waals surface area (Å²) in [6.45, 7) is 1.65. The number of aryl methyl sites for hydroxylation is 3. The van der Waals surface area contributed by atoms with Crippen LogP contribution in [0, 0.1) is 5.92 Å². The number of rotatable bonds is 9. The van der Waals surface area contributed by atoms with Crippen LogP contribution in [0.3, 0.4) is 0 Å². The number of aliphatic carboxylic acids is 1. The number of H-pyrrole nitrogens is 1. The minimum atomic E-state index is -1.02. The van der Waals surface area contributed by atoms with Gasteiger partial charge in [0.25, 0.3) is 5.56 Å². The largest absolute Gasteiger partial charge is 0.480 e. The van der Waals surface area contributed by atoms with Crippen LogP contribution >= 0.6 is 11.6 Å². The molecule has 178 valence electrons. The molecule has 1 fully saturated rings. The fourth-order valence-corrected chi connectivity index (χ4v) is 4.64. The first kappa shape index (κ1) is 23.9. The van der Waals surface area contributed by atoms with Crippen molar-refractivity contribution in [3.63, 3.8) is 0 Å². The molecule has 1 aromatic carbocycles. The van der Waals surface area contributed by atoms with Gasteiger partial charge in [0.1, 0.15) is 0 Å². The second kappa shape index (κ2) is 10.8. The maximum atomic E-state index is 12.5. The summed E-state index contributed by atoms with van der Waals surface area (Å²) in [7, 11) is 0. The van der Waals surface area contributed by atoms with Gasteiger partial charge in [-0.2, -0.15) is 4.80 Å². The van der Waals surface area contributed by atoms with Gasteiger partial charge in [-0.15, -0.1) is 10.2 Å². The Hall–Kier alpha value is -3.26. The highest BCUT2D eigenvalue weighted by molar-refractivity contribution is 6.31. The maximum absolute atomic E-state index is 12.5. The highest BCUT2D eigenvalue weighted by Gasteiger charge is 2.17. The molecule has 2 N–H and O–H groups in total. The van der Waals surface area contributed by atoms with Crippen molar-refractivity contribution in [1.29, 1.82) is 0 Å². The van der Waals surface area contributed by atoms with Crippen molar-refractivity contribution in [2.75, 3.05) is 0 Å². The van der Waals surface area contributed by atoms with E-state index in [1.807, 2.05) is 37.3 Å². The standard InChI is InChI=1S/C25H28ClN5O3/c1-2-17-9-11-22(27-25(17)34)20(13-16-5-3-4-6-16)19-8-7-18(21(26)14-19)10-12-23-28-30-31(29-23)15-24(32)33/h7-9,11,13-14,16H,2-6,10,12,15H2,1H3,(H,27,34)(H,32,33)/b20-13+. The van der Waals surface area contributed by atoms with Gasteiger partial charge in [-0.25, -0.2) is 0 Å². The minimum absolute atomic E-state index is 0.0523. The van der Waals surface area contributed by atoms with Crippen molar-refractivity contribution in [2.24, 2.45) is 5.92 Å². The molecule has 0 aliphatic heterocycles. The van der Waals surface area contributed by atoms with Crippen molar-refractivity contribution in [3.05, 3.63) is 80.0 Å². The average Bonchev–Trinajstić information content (AvgIpc) is 3.48. The second-order valence-electron chi connectivity index (χ2n) is 8.64. The Labute approximate surface area is 202 Å². The molecule has 0 amide bonds. The molecule has 9 heteroatoms. The van der Waals surface area contributed by atoms with E-state index in [2.05, 4.69) is 26.5 Å². The van der Waals surface area contributed by atoms with Crippen LogP contribution in [0.4, 0.5) is 0 Å². The third kappa shape index (κ3) is 5.80. The molecule has 1 saturated carbocycles. The SMILES string of the molecule is CCc1ccc(/C(=C/C2CCCC2)c2ccc(CCc3nnn(CC(=O)O)n3)c(Cl)c2)[nH]c1=O. The number of pyridine rings is 1. The van der Waals surface area contributed by atoms with Crippen LogP contribution in [-0.4, -0.2) is 36.3 Å². The van der Waals surface area contributed by atoms with Crippen molar-refractivity contribution in [1.82, 2.24) is 25.2 Å². The molecule has 4 rings (SSSR count). The lowest BCUT2D eigenvalue weighted by Crippen LogP contribution is -2.13. The summed E-state index contributed by atoms with van der Waals surface area (Å²) in [5, 5.41) is 21.2. The Kier molecular flexibility index (Phi) is 7.57. The molecule has 8 nitrogen and oxygen atoms in total. The lowest BCUT2D eigenvalue weighted by Gasteiger charge is -2.14. The Bertz CT molecular complexity index is 1260. The first-order valence-corrected chi connectivity index (χ1v) is 12.0. The van der Waals surface area contributed by atoms with E-state index in [0.717, 1.165) is 45.6 Å². The zero-order chi connectivity index (χ0) is 24.1. The first-order valence-electron chi connectivity index (χ1n) is 11.6. The van der Waals surface area contributed by atoms with Gasteiger partial charge in [0.05, 0.1) is 0 Å². The van der Waals surface area contributed by atoms with Crippen LogP contribution in [0.1, 0.15) is 60.8 Å². The normalized spacial score (nSPS) is 14.6. The fourth-order valence-electron chi connectivity index (χ4n) is 4.37. The Morgan fingerprint density at radius 1 is 1.21 bits per heavy atom. The molecule has 0 bridgehead atoms. The monoisotopic (exact) mass is 481 g/mol. The van der Waals surface area contributed by atoms with Gasteiger partial charge < -0.3 is 10.1 Å². The molecule has 3 aromatic rings. The number of carboxylic acid groups (broad SMARTS) is 1. The number of allylic oxidation sites excluding steroid dienone is 1. The summed E-state index contributed by atoms with van der Waals surface area (Å²) >= 11 is 6.66. The predicted molar refractivity (Wildman–Crippen MR) is 130 cm³/mol. The second-order valence-corrected chi connectivity index (χ2v) is 9.05. The number of halogens is 1. The third-order valence-electron chi connectivity index (χ3n) is 6.22. The summed E-state index contributed by atoms with van der Waals surface area (Å²) in [6, 6.07) is 9.84. The summed E-state index contributed by atoms with van der Waals surface area (Å²) in [5.41, 5.74) is 4.42. The van der Waals surface area contributed by atoms with Gasteiger partial charge in [-0.3, -0.25) is 9.59 Å².